The third-order valence-electron chi connectivity index (χ3n) is 8.07. The highest BCUT2D eigenvalue weighted by Crippen LogP contribution is 2.48. The average molecular weight is 463 g/mol. The maximum atomic E-state index is 13.0. The molecule has 3 heterocycles. The molecular weight excluding hydrogens is 424 g/mol. The molecule has 0 unspecified atom stereocenters. The first-order chi connectivity index (χ1) is 16.4. The number of alkyl carbamates (subject to hydrolysis) is 1. The molecule has 34 heavy (non-hydrogen) atoms. The van der Waals surface area contributed by atoms with Gasteiger partial charge in [-0.3, -0.25) is 4.90 Å². The van der Waals surface area contributed by atoms with Crippen molar-refractivity contribution in [3.63, 3.8) is 0 Å². The lowest BCUT2D eigenvalue weighted by Crippen LogP contribution is -2.53. The van der Waals surface area contributed by atoms with Crippen molar-refractivity contribution >= 4 is 6.09 Å². The summed E-state index contributed by atoms with van der Waals surface area (Å²) in [5.74, 6) is 1.38. The molecule has 3 saturated heterocycles. The van der Waals surface area contributed by atoms with Crippen LogP contribution in [0.15, 0.2) is 36.4 Å². The Morgan fingerprint density at radius 3 is 2.47 bits per heavy atom. The summed E-state index contributed by atoms with van der Waals surface area (Å²) in [6.45, 7) is 12.4. The van der Waals surface area contributed by atoms with E-state index in [9.17, 15) is 4.79 Å². The van der Waals surface area contributed by atoms with Crippen LogP contribution in [0.5, 0.6) is 5.75 Å². The number of carbonyl (C=O) groups excluding carboxylic acids is 1. The Labute approximate surface area is 203 Å². The number of rotatable bonds is 6. The van der Waals surface area contributed by atoms with E-state index in [0.29, 0.717) is 12.5 Å². The van der Waals surface area contributed by atoms with Crippen LogP contribution in [0.1, 0.15) is 63.3 Å². The Morgan fingerprint density at radius 1 is 1.12 bits per heavy atom. The Morgan fingerprint density at radius 2 is 1.85 bits per heavy atom. The molecule has 0 radical (unpaired) electrons. The van der Waals surface area contributed by atoms with E-state index in [2.05, 4.69) is 67.4 Å². The Hall–Kier alpha value is -2.53. The van der Waals surface area contributed by atoms with Gasteiger partial charge in [0.2, 0.25) is 0 Å². The molecule has 2 bridgehead atoms. The third kappa shape index (κ3) is 4.43. The monoisotopic (exact) mass is 462 g/mol. The summed E-state index contributed by atoms with van der Waals surface area (Å²) in [4.78, 5) is 15.4. The highest BCUT2D eigenvalue weighted by Gasteiger charge is 2.42. The number of benzene rings is 2. The lowest BCUT2D eigenvalue weighted by molar-refractivity contribution is -0.0349. The molecule has 5 nitrogen and oxygen atoms in total. The lowest BCUT2D eigenvalue weighted by Gasteiger charge is -2.44. The number of hydrogen-bond acceptors (Lipinski definition) is 4. The molecule has 0 spiro atoms. The number of ether oxygens (including phenoxy) is 2. The van der Waals surface area contributed by atoms with Crippen molar-refractivity contribution in [2.45, 2.75) is 65.5 Å². The van der Waals surface area contributed by atoms with Gasteiger partial charge < -0.3 is 14.8 Å². The van der Waals surface area contributed by atoms with Crippen LogP contribution in [0.25, 0.3) is 11.1 Å². The number of nitrogens with one attached hydrogen (secondary N) is 1. The minimum Gasteiger partial charge on any atom is -0.493 e. The average Bonchev–Trinajstić information content (AvgIpc) is 3.08. The molecule has 2 atom stereocenters. The van der Waals surface area contributed by atoms with Gasteiger partial charge in [-0.1, -0.05) is 45.0 Å². The van der Waals surface area contributed by atoms with Gasteiger partial charge in [0.05, 0.1) is 12.6 Å². The number of nitrogens with zero attached hydrogens (tertiary/aromatic N) is 1. The molecule has 0 aromatic heterocycles. The molecular formula is C29H38N2O3. The van der Waals surface area contributed by atoms with Crippen LogP contribution in [0, 0.1) is 11.3 Å². The van der Waals surface area contributed by atoms with Crippen molar-refractivity contribution in [3.8, 4) is 16.9 Å². The van der Waals surface area contributed by atoms with Crippen molar-refractivity contribution in [2.24, 2.45) is 11.3 Å². The van der Waals surface area contributed by atoms with Crippen molar-refractivity contribution in [1.82, 2.24) is 10.2 Å². The zero-order valence-electron chi connectivity index (χ0n) is 21.0. The van der Waals surface area contributed by atoms with E-state index in [1.54, 1.807) is 0 Å². The molecule has 2 aromatic carbocycles. The number of aryl methyl sites for hydroxylation is 1. The number of hydrogen-bond donors (Lipinski definition) is 1. The molecule has 3 fully saturated rings. The molecule has 182 valence electrons. The summed E-state index contributed by atoms with van der Waals surface area (Å²) in [5, 5.41) is 3.24. The van der Waals surface area contributed by atoms with E-state index in [1.807, 2.05) is 6.92 Å². The second-order valence-corrected chi connectivity index (χ2v) is 10.9. The lowest BCUT2D eigenvalue weighted by atomic mass is 9.85. The number of amides is 1. The van der Waals surface area contributed by atoms with Crippen LogP contribution in [0.3, 0.4) is 0 Å². The van der Waals surface area contributed by atoms with Crippen LogP contribution < -0.4 is 10.1 Å². The van der Waals surface area contributed by atoms with E-state index in [1.165, 1.54) is 16.7 Å². The molecule has 1 aliphatic carbocycles. The third-order valence-corrected chi connectivity index (χ3v) is 8.07. The highest BCUT2D eigenvalue weighted by atomic mass is 16.6. The van der Waals surface area contributed by atoms with E-state index in [-0.39, 0.29) is 23.7 Å². The van der Waals surface area contributed by atoms with Crippen molar-refractivity contribution < 1.29 is 14.3 Å². The van der Waals surface area contributed by atoms with Gasteiger partial charge in [-0.05, 0) is 91.4 Å². The van der Waals surface area contributed by atoms with Gasteiger partial charge in [0.15, 0.2) is 0 Å². The van der Waals surface area contributed by atoms with Crippen molar-refractivity contribution in [1.29, 1.82) is 0 Å². The van der Waals surface area contributed by atoms with Crippen molar-refractivity contribution in [3.05, 3.63) is 53.1 Å². The maximum Gasteiger partial charge on any atom is 0.407 e. The van der Waals surface area contributed by atoms with Crippen LogP contribution in [0.4, 0.5) is 4.79 Å². The summed E-state index contributed by atoms with van der Waals surface area (Å²) < 4.78 is 12.1. The summed E-state index contributed by atoms with van der Waals surface area (Å²) in [7, 11) is 0. The molecule has 1 N–H and O–H groups in total. The van der Waals surface area contributed by atoms with Crippen LogP contribution in [-0.2, 0) is 17.6 Å². The highest BCUT2D eigenvalue weighted by molar-refractivity contribution is 5.74. The Bertz CT molecular complexity index is 1040. The number of fused-ring (bicyclic) bond motifs is 4. The predicted octanol–water partition coefficient (Wildman–Crippen LogP) is 5.76. The Balaban J connectivity index is 1.40. The van der Waals surface area contributed by atoms with Crippen LogP contribution in [-0.4, -0.2) is 43.3 Å². The fraction of sp³-hybridized carbons (Fsp3) is 0.552. The standard InChI is InChI=1S/C29H38N2O3/c1-5-19-7-9-20(10-8-19)23-15-22-17-29(3,4)27(24(22)16-25(23)33-6-2)30-28(32)34-26-18-31-13-11-21(26)12-14-31/h7-10,15-16,21,26-27H,5-6,11-14,17-18H2,1-4H3,(H,30,32)/t26-,27+/m1/s1. The summed E-state index contributed by atoms with van der Waals surface area (Å²) >= 11 is 0. The summed E-state index contributed by atoms with van der Waals surface area (Å²) in [6, 6.07) is 13.1. The minimum atomic E-state index is -0.290. The van der Waals surface area contributed by atoms with Gasteiger partial charge in [-0.2, -0.15) is 0 Å². The summed E-state index contributed by atoms with van der Waals surface area (Å²) in [6.07, 6.45) is 3.92. The van der Waals surface area contributed by atoms with Gasteiger partial charge in [-0.15, -0.1) is 0 Å². The van der Waals surface area contributed by atoms with Crippen LogP contribution >= 0.6 is 0 Å². The van der Waals surface area contributed by atoms with Gasteiger partial charge in [0.25, 0.3) is 0 Å². The largest absolute Gasteiger partial charge is 0.493 e. The number of piperidine rings is 3. The maximum absolute atomic E-state index is 13.0. The van der Waals surface area contributed by atoms with Gasteiger partial charge in [-0.25, -0.2) is 4.79 Å². The summed E-state index contributed by atoms with van der Waals surface area (Å²) in [5.41, 5.74) is 5.93. The van der Waals surface area contributed by atoms with E-state index < -0.39 is 0 Å². The van der Waals surface area contributed by atoms with Crippen LogP contribution in [0.2, 0.25) is 0 Å². The topological polar surface area (TPSA) is 50.8 Å². The molecule has 4 aliphatic rings. The SMILES string of the molecule is CCOc1cc2c(cc1-c1ccc(CC)cc1)CC(C)(C)[C@H]2NC(=O)O[C@@H]1CN2CCC1CC2. The van der Waals surface area contributed by atoms with Crippen molar-refractivity contribution in [2.75, 3.05) is 26.2 Å². The molecule has 1 amide bonds. The van der Waals surface area contributed by atoms with E-state index in [4.69, 9.17) is 9.47 Å². The zero-order chi connectivity index (χ0) is 23.9. The predicted molar refractivity (Wildman–Crippen MR) is 135 cm³/mol. The van der Waals surface area contributed by atoms with Gasteiger partial charge in [0.1, 0.15) is 11.9 Å². The minimum absolute atomic E-state index is 0.0129. The molecule has 5 heteroatoms. The Kier molecular flexibility index (Phi) is 6.32. The quantitative estimate of drug-likeness (QED) is 0.593. The smallest absolute Gasteiger partial charge is 0.407 e. The fourth-order valence-electron chi connectivity index (χ4n) is 6.10. The molecule has 6 rings (SSSR count). The second-order valence-electron chi connectivity index (χ2n) is 10.9. The number of carbonyl (C=O) groups is 1. The molecule has 0 saturated carbocycles. The molecule has 3 aliphatic heterocycles. The molecule has 2 aromatic rings. The van der Waals surface area contributed by atoms with Gasteiger partial charge >= 0.3 is 6.09 Å². The first kappa shape index (κ1) is 23.2. The first-order valence-electron chi connectivity index (χ1n) is 13.0. The first-order valence-corrected chi connectivity index (χ1v) is 13.0. The fourth-order valence-corrected chi connectivity index (χ4v) is 6.10. The van der Waals surface area contributed by atoms with Gasteiger partial charge in [0, 0.05) is 12.1 Å². The second kappa shape index (κ2) is 9.26. The normalized spacial score (nSPS) is 26.7. The zero-order valence-corrected chi connectivity index (χ0v) is 21.0. The van der Waals surface area contributed by atoms with E-state index in [0.717, 1.165) is 62.2 Å². The van der Waals surface area contributed by atoms with E-state index >= 15 is 0 Å².